The van der Waals surface area contributed by atoms with Crippen molar-refractivity contribution >= 4 is 64.0 Å². The molecule has 1 aromatic carbocycles. The van der Waals surface area contributed by atoms with Crippen molar-refractivity contribution < 1.29 is 14.3 Å². The maximum absolute atomic E-state index is 12.6. The maximum Gasteiger partial charge on any atom is 0.341 e. The molecule has 5 nitrogen and oxygen atoms in total. The number of rotatable bonds is 8. The van der Waals surface area contributed by atoms with E-state index in [2.05, 4.69) is 17.1 Å². The molecular weight excluding hydrogens is 463 g/mol. The van der Waals surface area contributed by atoms with Crippen LogP contribution < -0.4 is 5.32 Å². The highest BCUT2D eigenvalue weighted by Crippen LogP contribution is 2.37. The van der Waals surface area contributed by atoms with Crippen LogP contribution in [0.25, 0.3) is 0 Å². The predicted molar refractivity (Wildman–Crippen MR) is 128 cm³/mol. The van der Waals surface area contributed by atoms with Crippen molar-refractivity contribution in [2.75, 3.05) is 30.8 Å². The van der Waals surface area contributed by atoms with Gasteiger partial charge in [0.25, 0.3) is 0 Å². The van der Waals surface area contributed by atoms with Crippen molar-refractivity contribution in [3.63, 3.8) is 0 Å². The van der Waals surface area contributed by atoms with Crippen LogP contribution in [0.1, 0.15) is 41.1 Å². The first-order chi connectivity index (χ1) is 14.0. The zero-order valence-electron chi connectivity index (χ0n) is 17.0. The Bertz CT molecular complexity index is 872. The van der Waals surface area contributed by atoms with Crippen molar-refractivity contribution in [1.82, 2.24) is 4.90 Å². The average Bonchev–Trinajstić information content (AvgIpc) is 3.06. The number of nitrogens with zero attached hydrogens (tertiary/aromatic N) is 1. The lowest BCUT2D eigenvalue weighted by atomic mass is 10.0. The lowest BCUT2D eigenvalue weighted by Gasteiger charge is -2.25. The second-order valence-electron chi connectivity index (χ2n) is 6.65. The fourth-order valence-corrected chi connectivity index (χ4v) is 5.49. The number of thiophene rings is 1. The van der Waals surface area contributed by atoms with Crippen molar-refractivity contribution in [1.29, 1.82) is 0 Å². The van der Waals surface area contributed by atoms with Gasteiger partial charge in [-0.1, -0.05) is 18.5 Å². The van der Waals surface area contributed by atoms with Gasteiger partial charge in [0.2, 0.25) is 5.91 Å². The van der Waals surface area contributed by atoms with Gasteiger partial charge < -0.3 is 10.1 Å². The van der Waals surface area contributed by atoms with E-state index in [4.69, 9.17) is 16.3 Å². The minimum Gasteiger partial charge on any atom is -0.462 e. The molecule has 1 aliphatic rings. The molecule has 0 saturated carbocycles. The van der Waals surface area contributed by atoms with Crippen LogP contribution in [0.4, 0.5) is 5.00 Å². The van der Waals surface area contributed by atoms with Crippen LogP contribution in [0.3, 0.4) is 0 Å². The number of likely N-dealkylation sites (N-methyl/N-ethyl adjacent to an activating group) is 1. The molecule has 30 heavy (non-hydrogen) atoms. The van der Waals surface area contributed by atoms with Crippen LogP contribution in [0.2, 0.25) is 5.02 Å². The summed E-state index contributed by atoms with van der Waals surface area (Å²) in [5, 5.41) is 4.28. The van der Waals surface area contributed by atoms with Crippen LogP contribution in [-0.4, -0.2) is 42.2 Å². The number of hydrogen-bond donors (Lipinski definition) is 1. The van der Waals surface area contributed by atoms with E-state index in [0.717, 1.165) is 41.4 Å². The summed E-state index contributed by atoms with van der Waals surface area (Å²) in [6, 6.07) is 7.56. The number of amides is 1. The van der Waals surface area contributed by atoms with Gasteiger partial charge in [0.15, 0.2) is 0 Å². The number of hydrogen-bond acceptors (Lipinski definition) is 6. The zero-order valence-corrected chi connectivity index (χ0v) is 20.2. The largest absolute Gasteiger partial charge is 0.462 e. The molecule has 0 spiro atoms. The van der Waals surface area contributed by atoms with Crippen LogP contribution in [0.15, 0.2) is 29.2 Å². The predicted octanol–water partition coefficient (Wildman–Crippen LogP) is 5.50. The first-order valence-electron chi connectivity index (χ1n) is 9.74. The third kappa shape index (κ3) is 6.37. The monoisotopic (exact) mass is 488 g/mol. The lowest BCUT2D eigenvalue weighted by Crippen LogP contribution is -2.30. The molecule has 0 saturated heterocycles. The summed E-state index contributed by atoms with van der Waals surface area (Å²) >= 11 is 9.00. The van der Waals surface area contributed by atoms with E-state index < -0.39 is 0 Å². The Morgan fingerprint density at radius 2 is 2.00 bits per heavy atom. The molecule has 2 heterocycles. The Balaban J connectivity index is 0.00000320. The summed E-state index contributed by atoms with van der Waals surface area (Å²) < 4.78 is 5.26. The van der Waals surface area contributed by atoms with Gasteiger partial charge in [-0.3, -0.25) is 9.69 Å². The number of benzene rings is 1. The van der Waals surface area contributed by atoms with Crippen molar-refractivity contribution in [2.24, 2.45) is 0 Å². The van der Waals surface area contributed by atoms with E-state index in [1.54, 1.807) is 18.7 Å². The maximum atomic E-state index is 12.6. The van der Waals surface area contributed by atoms with Gasteiger partial charge in [-0.15, -0.1) is 35.5 Å². The summed E-state index contributed by atoms with van der Waals surface area (Å²) in [6.07, 6.45) is 1.16. The summed E-state index contributed by atoms with van der Waals surface area (Å²) in [4.78, 5) is 29.6. The molecule has 2 aromatic rings. The summed E-state index contributed by atoms with van der Waals surface area (Å²) in [5.74, 6) is 0.209. The Kier molecular flexibility index (Phi) is 9.97. The normalized spacial score (nSPS) is 13.3. The van der Waals surface area contributed by atoms with Crippen LogP contribution >= 0.6 is 47.1 Å². The van der Waals surface area contributed by atoms with E-state index in [1.165, 1.54) is 11.3 Å². The summed E-state index contributed by atoms with van der Waals surface area (Å²) in [6.45, 7) is 6.93. The number of carbonyl (C=O) groups is 2. The number of fused-ring (bicyclic) bond motifs is 1. The summed E-state index contributed by atoms with van der Waals surface area (Å²) in [5.41, 5.74) is 1.57. The highest BCUT2D eigenvalue weighted by Gasteiger charge is 2.29. The molecule has 3 rings (SSSR count). The number of carbonyl (C=O) groups excluding carboxylic acids is 2. The topological polar surface area (TPSA) is 58.6 Å². The molecule has 0 atom stereocenters. The molecule has 1 aliphatic heterocycles. The van der Waals surface area contributed by atoms with Gasteiger partial charge in [0.1, 0.15) is 5.00 Å². The second-order valence-corrected chi connectivity index (χ2v) is 9.36. The fraction of sp³-hybridized carbons (Fsp3) is 0.429. The van der Waals surface area contributed by atoms with E-state index in [-0.39, 0.29) is 24.3 Å². The SMILES string of the molecule is CCOC(=O)c1c(NC(=O)CCSc2ccc(Cl)cc2)sc2c1CCN(CC)C2.Cl. The molecule has 0 fully saturated rings. The van der Waals surface area contributed by atoms with Crippen LogP contribution in [0.5, 0.6) is 0 Å². The quantitative estimate of drug-likeness (QED) is 0.392. The smallest absolute Gasteiger partial charge is 0.341 e. The molecule has 0 aliphatic carbocycles. The molecule has 1 N–H and O–H groups in total. The third-order valence-electron chi connectivity index (χ3n) is 4.73. The van der Waals surface area contributed by atoms with E-state index in [0.29, 0.717) is 34.4 Å². The molecule has 0 unspecified atom stereocenters. The first-order valence-corrected chi connectivity index (χ1v) is 11.9. The Hall–Kier alpha value is -1.25. The van der Waals surface area contributed by atoms with Crippen molar-refractivity contribution in [2.45, 2.75) is 38.1 Å². The Morgan fingerprint density at radius 1 is 1.27 bits per heavy atom. The highest BCUT2D eigenvalue weighted by atomic mass is 35.5. The number of anilines is 1. The highest BCUT2D eigenvalue weighted by molar-refractivity contribution is 7.99. The zero-order chi connectivity index (χ0) is 20.8. The fourth-order valence-electron chi connectivity index (χ4n) is 3.22. The van der Waals surface area contributed by atoms with E-state index in [1.807, 2.05) is 24.3 Å². The first kappa shape index (κ1) is 25.0. The molecule has 9 heteroatoms. The molecule has 0 bridgehead atoms. The van der Waals surface area contributed by atoms with Crippen LogP contribution in [0, 0.1) is 0 Å². The number of esters is 1. The molecule has 0 radical (unpaired) electrons. The lowest BCUT2D eigenvalue weighted by molar-refractivity contribution is -0.115. The number of thioether (sulfide) groups is 1. The van der Waals surface area contributed by atoms with Gasteiger partial charge in [0, 0.05) is 40.1 Å². The van der Waals surface area contributed by atoms with Gasteiger partial charge in [-0.25, -0.2) is 4.79 Å². The molecular formula is C21H26Cl2N2O3S2. The Labute approximate surface area is 196 Å². The van der Waals surface area contributed by atoms with Gasteiger partial charge in [0.05, 0.1) is 12.2 Å². The molecule has 1 aromatic heterocycles. The average molecular weight is 489 g/mol. The summed E-state index contributed by atoms with van der Waals surface area (Å²) in [7, 11) is 0. The molecule has 1 amide bonds. The number of nitrogens with one attached hydrogen (secondary N) is 1. The van der Waals surface area contributed by atoms with Gasteiger partial charge in [-0.05, 0) is 49.7 Å². The third-order valence-corrected chi connectivity index (χ3v) is 7.13. The minimum atomic E-state index is -0.346. The number of ether oxygens (including phenoxy) is 1. The van der Waals surface area contributed by atoms with Gasteiger partial charge in [-0.2, -0.15) is 0 Å². The minimum absolute atomic E-state index is 0. The van der Waals surface area contributed by atoms with Crippen molar-refractivity contribution in [3.8, 4) is 0 Å². The van der Waals surface area contributed by atoms with Crippen molar-refractivity contribution in [3.05, 3.63) is 45.3 Å². The standard InChI is InChI=1S/C21H25ClN2O3S2.ClH/c1-3-24-11-9-16-17(13-24)29-20(19(16)21(26)27-4-2)23-18(25)10-12-28-15-7-5-14(22)6-8-15;/h5-8H,3-4,9-13H2,1-2H3,(H,23,25);1H. The van der Waals surface area contributed by atoms with Gasteiger partial charge >= 0.3 is 5.97 Å². The van der Waals surface area contributed by atoms with Crippen LogP contribution in [-0.2, 0) is 22.5 Å². The van der Waals surface area contributed by atoms with E-state index in [9.17, 15) is 9.59 Å². The number of halogens is 2. The molecule has 164 valence electrons. The van der Waals surface area contributed by atoms with E-state index >= 15 is 0 Å². The second kappa shape index (κ2) is 12.0. The Morgan fingerprint density at radius 3 is 2.67 bits per heavy atom.